The molecule has 0 fully saturated rings. The van der Waals surface area contributed by atoms with Crippen LogP contribution in [0, 0.1) is 0 Å². The highest BCUT2D eigenvalue weighted by molar-refractivity contribution is 5.56. The molecule has 4 heteroatoms. The number of hydrogen-bond acceptors (Lipinski definition) is 3. The number of nitrogens with zero attached hydrogens (tertiary/aromatic N) is 2. The second-order valence-electron chi connectivity index (χ2n) is 3.80. The minimum Gasteiger partial charge on any atom is -0.463 e. The van der Waals surface area contributed by atoms with Gasteiger partial charge in [-0.05, 0) is 25.0 Å². The predicted molar refractivity (Wildman–Crippen MR) is 54.4 cm³/mol. The number of aliphatic hydroxyl groups is 1. The summed E-state index contributed by atoms with van der Waals surface area (Å²) >= 11 is 0. The van der Waals surface area contributed by atoms with E-state index in [4.69, 9.17) is 4.42 Å². The Hall–Kier alpha value is -1.55. The van der Waals surface area contributed by atoms with Crippen molar-refractivity contribution in [2.24, 2.45) is 0 Å². The maximum atomic E-state index is 9.18. The maximum Gasteiger partial charge on any atom is 0.154 e. The van der Waals surface area contributed by atoms with Crippen LogP contribution in [0.5, 0.6) is 0 Å². The van der Waals surface area contributed by atoms with E-state index in [0.29, 0.717) is 0 Å². The smallest absolute Gasteiger partial charge is 0.154 e. The third kappa shape index (κ3) is 1.22. The minimum atomic E-state index is 0.182. The van der Waals surface area contributed by atoms with Gasteiger partial charge < -0.3 is 14.1 Å². The molecule has 0 amide bonds. The van der Waals surface area contributed by atoms with Crippen molar-refractivity contribution >= 4 is 0 Å². The number of imidazole rings is 1. The molecular formula is C11H12N2O2. The van der Waals surface area contributed by atoms with Crippen LogP contribution in [0.4, 0.5) is 0 Å². The van der Waals surface area contributed by atoms with Gasteiger partial charge in [0.25, 0.3) is 0 Å². The number of aliphatic hydroxyl groups excluding tert-OH is 1. The third-order valence-electron chi connectivity index (χ3n) is 2.97. The fourth-order valence-corrected chi connectivity index (χ4v) is 2.19. The van der Waals surface area contributed by atoms with Crippen LogP contribution in [0.2, 0.25) is 0 Å². The van der Waals surface area contributed by atoms with Crippen LogP contribution in [-0.4, -0.2) is 21.3 Å². The van der Waals surface area contributed by atoms with Crippen molar-refractivity contribution in [3.05, 3.63) is 30.4 Å². The molecule has 0 saturated carbocycles. The highest BCUT2D eigenvalue weighted by Crippen LogP contribution is 2.32. The standard InChI is InChI=1S/C11H12N2O2/c14-6-8-3-4-9-11(12-7-13(8)9)10-2-1-5-15-10/h1-2,5,7-8,14H,3-4,6H2. The first-order valence-electron chi connectivity index (χ1n) is 5.10. The van der Waals surface area contributed by atoms with E-state index in [1.807, 2.05) is 12.1 Å². The fraction of sp³-hybridized carbons (Fsp3) is 0.364. The highest BCUT2D eigenvalue weighted by Gasteiger charge is 2.25. The Kier molecular flexibility index (Phi) is 1.89. The van der Waals surface area contributed by atoms with Crippen LogP contribution < -0.4 is 0 Å². The third-order valence-corrected chi connectivity index (χ3v) is 2.97. The van der Waals surface area contributed by atoms with Gasteiger partial charge in [0.1, 0.15) is 5.69 Å². The van der Waals surface area contributed by atoms with Gasteiger partial charge in [-0.3, -0.25) is 0 Å². The van der Waals surface area contributed by atoms with E-state index in [1.165, 1.54) is 5.69 Å². The van der Waals surface area contributed by atoms with Crippen LogP contribution in [0.1, 0.15) is 18.2 Å². The van der Waals surface area contributed by atoms with E-state index in [-0.39, 0.29) is 12.6 Å². The molecule has 2 aromatic rings. The average molecular weight is 204 g/mol. The molecule has 3 rings (SSSR count). The first-order chi connectivity index (χ1) is 7.40. The Morgan fingerprint density at radius 1 is 1.60 bits per heavy atom. The molecular weight excluding hydrogens is 192 g/mol. The molecule has 1 aliphatic rings. The molecule has 78 valence electrons. The zero-order valence-corrected chi connectivity index (χ0v) is 8.26. The highest BCUT2D eigenvalue weighted by atomic mass is 16.3. The van der Waals surface area contributed by atoms with Crippen molar-refractivity contribution in [3.63, 3.8) is 0 Å². The Bertz CT molecular complexity index is 459. The summed E-state index contributed by atoms with van der Waals surface area (Å²) in [6.07, 6.45) is 5.39. The van der Waals surface area contributed by atoms with E-state index in [2.05, 4.69) is 9.55 Å². The lowest BCUT2D eigenvalue weighted by Gasteiger charge is -2.07. The van der Waals surface area contributed by atoms with Crippen molar-refractivity contribution in [2.75, 3.05) is 6.61 Å². The second kappa shape index (κ2) is 3.24. The van der Waals surface area contributed by atoms with Crippen LogP contribution >= 0.6 is 0 Å². The molecule has 1 aliphatic heterocycles. The molecule has 2 aromatic heterocycles. The van der Waals surface area contributed by atoms with Gasteiger partial charge in [-0.2, -0.15) is 0 Å². The molecule has 15 heavy (non-hydrogen) atoms. The Morgan fingerprint density at radius 3 is 3.27 bits per heavy atom. The molecule has 3 heterocycles. The van der Waals surface area contributed by atoms with Crippen molar-refractivity contribution in [1.82, 2.24) is 9.55 Å². The lowest BCUT2D eigenvalue weighted by molar-refractivity contribution is 0.232. The molecule has 1 atom stereocenters. The summed E-state index contributed by atoms with van der Waals surface area (Å²) in [6, 6.07) is 3.96. The Morgan fingerprint density at radius 2 is 2.53 bits per heavy atom. The van der Waals surface area contributed by atoms with Gasteiger partial charge in [0, 0.05) is 5.69 Å². The molecule has 0 aliphatic carbocycles. The lowest BCUT2D eigenvalue weighted by atomic mass is 10.2. The number of fused-ring (bicyclic) bond motifs is 1. The molecule has 1 unspecified atom stereocenters. The fourth-order valence-electron chi connectivity index (χ4n) is 2.19. The lowest BCUT2D eigenvalue weighted by Crippen LogP contribution is -2.06. The number of hydrogen-bond donors (Lipinski definition) is 1. The van der Waals surface area contributed by atoms with Gasteiger partial charge in [0.2, 0.25) is 0 Å². The monoisotopic (exact) mass is 204 g/mol. The first-order valence-corrected chi connectivity index (χ1v) is 5.10. The maximum absolute atomic E-state index is 9.18. The summed E-state index contributed by atoms with van der Waals surface area (Å²) < 4.78 is 7.39. The predicted octanol–water partition coefficient (Wildman–Crippen LogP) is 1.62. The van der Waals surface area contributed by atoms with Gasteiger partial charge in [-0.15, -0.1) is 0 Å². The van der Waals surface area contributed by atoms with Crippen LogP contribution in [-0.2, 0) is 6.42 Å². The average Bonchev–Trinajstić information content (AvgIpc) is 2.93. The minimum absolute atomic E-state index is 0.182. The van der Waals surface area contributed by atoms with Gasteiger partial charge in [-0.1, -0.05) is 0 Å². The topological polar surface area (TPSA) is 51.2 Å². The van der Waals surface area contributed by atoms with E-state index in [1.54, 1.807) is 12.6 Å². The normalized spacial score (nSPS) is 19.4. The first kappa shape index (κ1) is 8.73. The van der Waals surface area contributed by atoms with E-state index >= 15 is 0 Å². The van der Waals surface area contributed by atoms with Gasteiger partial charge in [0.15, 0.2) is 5.76 Å². The quantitative estimate of drug-likeness (QED) is 0.808. The SMILES string of the molecule is OCC1CCc2c(-c3ccco3)ncn21. The molecule has 0 saturated heterocycles. The van der Waals surface area contributed by atoms with Crippen molar-refractivity contribution in [1.29, 1.82) is 0 Å². The zero-order chi connectivity index (χ0) is 10.3. The molecule has 0 radical (unpaired) electrons. The molecule has 4 nitrogen and oxygen atoms in total. The Labute approximate surface area is 87.2 Å². The van der Waals surface area contributed by atoms with Crippen molar-refractivity contribution < 1.29 is 9.52 Å². The van der Waals surface area contributed by atoms with Gasteiger partial charge in [-0.25, -0.2) is 4.98 Å². The molecule has 0 aromatic carbocycles. The molecule has 0 bridgehead atoms. The van der Waals surface area contributed by atoms with Crippen LogP contribution in [0.15, 0.2) is 29.1 Å². The van der Waals surface area contributed by atoms with E-state index < -0.39 is 0 Å². The van der Waals surface area contributed by atoms with Gasteiger partial charge >= 0.3 is 0 Å². The second-order valence-corrected chi connectivity index (χ2v) is 3.80. The van der Waals surface area contributed by atoms with E-state index in [9.17, 15) is 5.11 Å². The van der Waals surface area contributed by atoms with E-state index in [0.717, 1.165) is 24.3 Å². The van der Waals surface area contributed by atoms with Crippen molar-refractivity contribution in [2.45, 2.75) is 18.9 Å². The summed E-state index contributed by atoms with van der Waals surface area (Å²) in [7, 11) is 0. The number of rotatable bonds is 2. The zero-order valence-electron chi connectivity index (χ0n) is 8.26. The van der Waals surface area contributed by atoms with Crippen molar-refractivity contribution in [3.8, 4) is 11.5 Å². The van der Waals surface area contributed by atoms with Crippen LogP contribution in [0.3, 0.4) is 0 Å². The number of aromatic nitrogens is 2. The summed E-state index contributed by atoms with van der Waals surface area (Å²) in [5.74, 6) is 0.808. The van der Waals surface area contributed by atoms with Crippen LogP contribution in [0.25, 0.3) is 11.5 Å². The summed E-state index contributed by atoms with van der Waals surface area (Å²) in [4.78, 5) is 4.34. The molecule has 0 spiro atoms. The summed E-state index contributed by atoms with van der Waals surface area (Å²) in [6.45, 7) is 0.182. The molecule has 1 N–H and O–H groups in total. The van der Waals surface area contributed by atoms with Gasteiger partial charge in [0.05, 0.1) is 25.2 Å². The number of furan rings is 1. The largest absolute Gasteiger partial charge is 0.463 e. The Balaban J connectivity index is 2.06. The summed E-state index contributed by atoms with van der Waals surface area (Å²) in [5.41, 5.74) is 2.08. The summed E-state index contributed by atoms with van der Waals surface area (Å²) in [5, 5.41) is 9.18.